The molecule has 0 aliphatic carbocycles. The zero-order valence-electron chi connectivity index (χ0n) is 17.5. The van der Waals surface area contributed by atoms with Gasteiger partial charge in [-0.15, -0.1) is 0 Å². The van der Waals surface area contributed by atoms with Gasteiger partial charge in [-0.1, -0.05) is 12.1 Å². The van der Waals surface area contributed by atoms with Crippen LogP contribution in [-0.2, 0) is 6.54 Å². The number of carbonyl (C=O) groups excluding carboxylic acids is 1. The number of hydrogen-bond donors (Lipinski definition) is 1. The van der Waals surface area contributed by atoms with Crippen LogP contribution in [-0.4, -0.2) is 38.8 Å². The van der Waals surface area contributed by atoms with Gasteiger partial charge in [0.2, 0.25) is 5.95 Å². The number of nitrogens with one attached hydrogen (secondary N) is 1. The summed E-state index contributed by atoms with van der Waals surface area (Å²) in [6.07, 6.45) is 7.98. The topological polar surface area (TPSA) is 71.0 Å². The van der Waals surface area contributed by atoms with E-state index >= 15 is 0 Å². The van der Waals surface area contributed by atoms with Gasteiger partial charge >= 0.3 is 0 Å². The summed E-state index contributed by atoms with van der Waals surface area (Å²) in [5, 5.41) is 3.55. The fourth-order valence-corrected chi connectivity index (χ4v) is 3.97. The Morgan fingerprint density at radius 2 is 1.78 bits per heavy atom. The van der Waals surface area contributed by atoms with E-state index in [0.29, 0.717) is 5.56 Å². The molecule has 6 nitrogen and oxygen atoms in total. The molecule has 0 spiro atoms. The largest absolute Gasteiger partial charge is 0.299 e. The molecule has 4 aromatic rings. The van der Waals surface area contributed by atoms with E-state index < -0.39 is 5.82 Å². The van der Waals surface area contributed by atoms with Crippen LogP contribution in [0.5, 0.6) is 0 Å². The highest BCUT2D eigenvalue weighted by Crippen LogP contribution is 2.25. The van der Waals surface area contributed by atoms with Gasteiger partial charge < -0.3 is 0 Å². The number of hydrogen-bond acceptors (Lipinski definition) is 5. The van der Waals surface area contributed by atoms with Gasteiger partial charge in [0.25, 0.3) is 5.91 Å². The number of carbonyl (C=O) groups is 1. The first-order valence-corrected chi connectivity index (χ1v) is 10.6. The summed E-state index contributed by atoms with van der Waals surface area (Å²) in [7, 11) is 0. The molecule has 160 valence electrons. The Bertz CT molecular complexity index is 1270. The SMILES string of the molecule is O=C(Nc1ncc2ccc(-c3cncc(CN4CCCC4)c3)cc2n1)c1ccc(F)cc1. The normalized spacial score (nSPS) is 14.0. The number of aromatic nitrogens is 3. The van der Waals surface area contributed by atoms with Gasteiger partial charge in [-0.25, -0.2) is 14.4 Å². The maximum atomic E-state index is 13.1. The zero-order valence-corrected chi connectivity index (χ0v) is 17.5. The molecule has 0 unspecified atom stereocenters. The Labute approximate surface area is 185 Å². The Morgan fingerprint density at radius 3 is 2.59 bits per heavy atom. The summed E-state index contributed by atoms with van der Waals surface area (Å²) >= 11 is 0. The van der Waals surface area contributed by atoms with E-state index in [-0.39, 0.29) is 11.9 Å². The number of likely N-dealkylation sites (tertiary alicyclic amines) is 1. The van der Waals surface area contributed by atoms with E-state index in [1.807, 2.05) is 30.6 Å². The molecule has 2 aromatic carbocycles. The predicted molar refractivity (Wildman–Crippen MR) is 122 cm³/mol. The summed E-state index contributed by atoms with van der Waals surface area (Å²) in [5.74, 6) is -0.584. The summed E-state index contributed by atoms with van der Waals surface area (Å²) in [6, 6.07) is 13.5. The second kappa shape index (κ2) is 8.80. The minimum absolute atomic E-state index is 0.199. The van der Waals surface area contributed by atoms with E-state index in [0.717, 1.165) is 41.7 Å². The first-order valence-electron chi connectivity index (χ1n) is 10.6. The van der Waals surface area contributed by atoms with Crippen molar-refractivity contribution in [3.8, 4) is 11.1 Å². The molecular weight excluding hydrogens is 405 g/mol. The minimum Gasteiger partial charge on any atom is -0.299 e. The van der Waals surface area contributed by atoms with Gasteiger partial charge in [-0.2, -0.15) is 0 Å². The van der Waals surface area contributed by atoms with E-state index in [1.165, 1.54) is 42.7 Å². The van der Waals surface area contributed by atoms with Gasteiger partial charge in [0.05, 0.1) is 5.52 Å². The summed E-state index contributed by atoms with van der Waals surface area (Å²) in [6.45, 7) is 3.20. The van der Waals surface area contributed by atoms with Gasteiger partial charge in [-0.3, -0.25) is 20.0 Å². The molecule has 0 bridgehead atoms. The molecule has 1 fully saturated rings. The van der Waals surface area contributed by atoms with Crippen molar-refractivity contribution in [2.45, 2.75) is 19.4 Å². The minimum atomic E-state index is -0.393. The molecular formula is C25H22FN5O. The molecule has 1 aliphatic rings. The van der Waals surface area contributed by atoms with E-state index in [9.17, 15) is 9.18 Å². The highest BCUT2D eigenvalue weighted by atomic mass is 19.1. The van der Waals surface area contributed by atoms with Crippen LogP contribution in [0.2, 0.25) is 0 Å². The Hall–Kier alpha value is -3.71. The molecule has 2 aromatic heterocycles. The van der Waals surface area contributed by atoms with Gasteiger partial charge in [0, 0.05) is 41.6 Å². The average molecular weight is 427 g/mol. The molecule has 0 atom stereocenters. The molecule has 1 saturated heterocycles. The molecule has 5 rings (SSSR count). The van der Waals surface area contributed by atoms with Crippen molar-refractivity contribution in [1.29, 1.82) is 0 Å². The molecule has 32 heavy (non-hydrogen) atoms. The number of anilines is 1. The van der Waals surface area contributed by atoms with Crippen LogP contribution in [0.4, 0.5) is 10.3 Å². The van der Waals surface area contributed by atoms with Crippen molar-refractivity contribution in [3.63, 3.8) is 0 Å². The Morgan fingerprint density at radius 1 is 0.969 bits per heavy atom. The molecule has 0 radical (unpaired) electrons. The molecule has 0 saturated carbocycles. The van der Waals surface area contributed by atoms with Crippen LogP contribution in [0, 0.1) is 5.82 Å². The fourth-order valence-electron chi connectivity index (χ4n) is 3.97. The molecule has 1 N–H and O–H groups in total. The van der Waals surface area contributed by atoms with E-state index in [4.69, 9.17) is 0 Å². The number of rotatable bonds is 5. The first kappa shape index (κ1) is 20.2. The number of fused-ring (bicyclic) bond motifs is 1. The van der Waals surface area contributed by atoms with Gasteiger partial charge in [0.15, 0.2) is 0 Å². The van der Waals surface area contributed by atoms with Crippen LogP contribution in [0.1, 0.15) is 28.8 Å². The number of amides is 1. The van der Waals surface area contributed by atoms with Crippen molar-refractivity contribution >= 4 is 22.8 Å². The van der Waals surface area contributed by atoms with E-state index in [1.54, 1.807) is 6.20 Å². The maximum Gasteiger partial charge on any atom is 0.258 e. The second-order valence-electron chi connectivity index (χ2n) is 7.99. The lowest BCUT2D eigenvalue weighted by molar-refractivity contribution is 0.102. The number of halogens is 1. The fraction of sp³-hybridized carbons (Fsp3) is 0.200. The number of benzene rings is 2. The van der Waals surface area contributed by atoms with Crippen LogP contribution in [0.15, 0.2) is 67.1 Å². The average Bonchev–Trinajstić information content (AvgIpc) is 3.32. The van der Waals surface area contributed by atoms with E-state index in [2.05, 4.69) is 31.2 Å². The lowest BCUT2D eigenvalue weighted by Crippen LogP contribution is -2.18. The smallest absolute Gasteiger partial charge is 0.258 e. The van der Waals surface area contributed by atoms with Crippen LogP contribution >= 0.6 is 0 Å². The maximum absolute atomic E-state index is 13.1. The third kappa shape index (κ3) is 4.48. The Balaban J connectivity index is 1.38. The van der Waals surface area contributed by atoms with Crippen LogP contribution in [0.25, 0.3) is 22.0 Å². The standard InChI is InChI=1S/C25H22FN5O/c26-22-7-5-18(6-8-22)24(32)30-25-28-15-20-4-3-19(12-23(20)29-25)21-11-17(13-27-14-21)16-31-9-1-2-10-31/h3-8,11-15H,1-2,9-10,16H2,(H,28,29,30,32). The predicted octanol–water partition coefficient (Wildman–Crippen LogP) is 4.68. The first-order chi connectivity index (χ1) is 15.6. The molecule has 1 aliphatic heterocycles. The van der Waals surface area contributed by atoms with Gasteiger partial charge in [0.1, 0.15) is 5.82 Å². The monoisotopic (exact) mass is 427 g/mol. The zero-order chi connectivity index (χ0) is 21.9. The van der Waals surface area contributed by atoms with Crippen LogP contribution in [0.3, 0.4) is 0 Å². The second-order valence-corrected chi connectivity index (χ2v) is 7.99. The number of nitrogens with zero attached hydrogens (tertiary/aromatic N) is 4. The van der Waals surface area contributed by atoms with Crippen molar-refractivity contribution in [2.24, 2.45) is 0 Å². The highest BCUT2D eigenvalue weighted by molar-refractivity contribution is 6.03. The van der Waals surface area contributed by atoms with Crippen molar-refractivity contribution in [2.75, 3.05) is 18.4 Å². The molecule has 3 heterocycles. The highest BCUT2D eigenvalue weighted by Gasteiger charge is 2.13. The van der Waals surface area contributed by atoms with Crippen molar-refractivity contribution in [1.82, 2.24) is 19.9 Å². The molecule has 7 heteroatoms. The third-order valence-electron chi connectivity index (χ3n) is 5.65. The summed E-state index contributed by atoms with van der Waals surface area (Å²) in [5.41, 5.74) is 4.28. The Kier molecular flexibility index (Phi) is 5.56. The van der Waals surface area contributed by atoms with Crippen LogP contribution < -0.4 is 5.32 Å². The summed E-state index contributed by atoms with van der Waals surface area (Å²) in [4.78, 5) is 28.0. The quantitative estimate of drug-likeness (QED) is 0.501. The molecule has 1 amide bonds. The lowest BCUT2D eigenvalue weighted by Gasteiger charge is -2.15. The van der Waals surface area contributed by atoms with Crippen molar-refractivity contribution < 1.29 is 9.18 Å². The number of pyridine rings is 1. The summed E-state index contributed by atoms with van der Waals surface area (Å²) < 4.78 is 13.1. The third-order valence-corrected chi connectivity index (χ3v) is 5.65. The van der Waals surface area contributed by atoms with Crippen molar-refractivity contribution in [3.05, 3.63) is 84.1 Å². The lowest BCUT2D eigenvalue weighted by atomic mass is 10.0. The van der Waals surface area contributed by atoms with Gasteiger partial charge in [-0.05, 0) is 73.5 Å².